The molecule has 16 heavy (non-hydrogen) atoms. The molecule has 0 spiro atoms. The minimum atomic E-state index is -3.17. The third kappa shape index (κ3) is 5.48. The van der Waals surface area contributed by atoms with Gasteiger partial charge >= 0.3 is 0 Å². The number of halogens is 1. The van der Waals surface area contributed by atoms with Crippen LogP contribution in [0.25, 0.3) is 0 Å². The Labute approximate surface area is 101 Å². The molecule has 0 bridgehead atoms. The maximum absolute atomic E-state index is 11.2. The molecule has 1 rings (SSSR count). The van der Waals surface area contributed by atoms with Gasteiger partial charge in [0.1, 0.15) is 0 Å². The van der Waals surface area contributed by atoms with Crippen LogP contribution in [0.5, 0.6) is 0 Å². The Morgan fingerprint density at radius 2 is 2.19 bits per heavy atom. The monoisotopic (exact) mass is 265 g/mol. The SMILES string of the molecule is O=S(=O)(CCCl)NCCCCn1ccnc1. The first-order valence-electron chi connectivity index (χ1n) is 5.13. The van der Waals surface area contributed by atoms with Gasteiger partial charge in [-0.2, -0.15) is 0 Å². The predicted octanol–water partition coefficient (Wildman–Crippen LogP) is 0.821. The lowest BCUT2D eigenvalue weighted by Crippen LogP contribution is -2.28. The summed E-state index contributed by atoms with van der Waals surface area (Å²) in [6.45, 7) is 1.32. The number of nitrogens with zero attached hydrogens (tertiary/aromatic N) is 2. The average molecular weight is 266 g/mol. The van der Waals surface area contributed by atoms with Crippen LogP contribution in [0.1, 0.15) is 12.8 Å². The average Bonchev–Trinajstić information content (AvgIpc) is 2.69. The first-order valence-corrected chi connectivity index (χ1v) is 7.32. The van der Waals surface area contributed by atoms with Gasteiger partial charge in [-0.3, -0.25) is 0 Å². The molecule has 92 valence electrons. The van der Waals surface area contributed by atoms with Crippen molar-refractivity contribution in [3.05, 3.63) is 18.7 Å². The second-order valence-corrected chi connectivity index (χ2v) is 5.71. The van der Waals surface area contributed by atoms with Gasteiger partial charge in [-0.25, -0.2) is 18.1 Å². The molecule has 0 aliphatic carbocycles. The van der Waals surface area contributed by atoms with Crippen molar-refractivity contribution in [2.75, 3.05) is 18.2 Å². The van der Waals surface area contributed by atoms with Gasteiger partial charge in [-0.15, -0.1) is 11.6 Å². The summed E-state index contributed by atoms with van der Waals surface area (Å²) in [6.07, 6.45) is 7.08. The summed E-state index contributed by atoms with van der Waals surface area (Å²) in [6, 6.07) is 0. The molecule has 1 N–H and O–H groups in total. The van der Waals surface area contributed by atoms with E-state index in [-0.39, 0.29) is 11.6 Å². The van der Waals surface area contributed by atoms with Crippen molar-refractivity contribution in [1.29, 1.82) is 0 Å². The van der Waals surface area contributed by atoms with Gasteiger partial charge in [0, 0.05) is 31.4 Å². The van der Waals surface area contributed by atoms with Crippen molar-refractivity contribution in [3.63, 3.8) is 0 Å². The van der Waals surface area contributed by atoms with Gasteiger partial charge in [0.15, 0.2) is 0 Å². The van der Waals surface area contributed by atoms with Crippen LogP contribution in [-0.2, 0) is 16.6 Å². The maximum atomic E-state index is 11.2. The van der Waals surface area contributed by atoms with Gasteiger partial charge in [0.2, 0.25) is 10.0 Å². The van der Waals surface area contributed by atoms with E-state index < -0.39 is 10.0 Å². The molecule has 0 saturated carbocycles. The van der Waals surface area contributed by atoms with Crippen molar-refractivity contribution >= 4 is 21.6 Å². The van der Waals surface area contributed by atoms with E-state index in [1.165, 1.54) is 0 Å². The minimum Gasteiger partial charge on any atom is -0.337 e. The van der Waals surface area contributed by atoms with E-state index >= 15 is 0 Å². The second-order valence-electron chi connectivity index (χ2n) is 3.41. The topological polar surface area (TPSA) is 64.0 Å². The molecule has 0 aromatic carbocycles. The molecule has 0 amide bonds. The smallest absolute Gasteiger partial charge is 0.212 e. The highest BCUT2D eigenvalue weighted by atomic mass is 35.5. The second kappa shape index (κ2) is 6.88. The Morgan fingerprint density at radius 3 is 2.81 bits per heavy atom. The summed E-state index contributed by atoms with van der Waals surface area (Å²) < 4.78 is 26.9. The van der Waals surface area contributed by atoms with Crippen molar-refractivity contribution in [3.8, 4) is 0 Å². The Morgan fingerprint density at radius 1 is 1.38 bits per heavy atom. The lowest BCUT2D eigenvalue weighted by molar-refractivity contribution is 0.567. The zero-order chi connectivity index (χ0) is 11.9. The maximum Gasteiger partial charge on any atom is 0.212 e. The largest absolute Gasteiger partial charge is 0.337 e. The molecule has 0 aliphatic heterocycles. The number of aromatic nitrogens is 2. The number of sulfonamides is 1. The zero-order valence-electron chi connectivity index (χ0n) is 8.97. The van der Waals surface area contributed by atoms with E-state index in [1.54, 1.807) is 12.5 Å². The summed E-state index contributed by atoms with van der Waals surface area (Å²) in [5.74, 6) is 0.112. The highest BCUT2D eigenvalue weighted by Gasteiger charge is 2.07. The van der Waals surface area contributed by atoms with Crippen LogP contribution in [0, 0.1) is 0 Å². The molecule has 1 aromatic rings. The fourth-order valence-electron chi connectivity index (χ4n) is 1.24. The van der Waals surface area contributed by atoms with Crippen LogP contribution < -0.4 is 4.72 Å². The first-order chi connectivity index (χ1) is 7.64. The molecule has 0 atom stereocenters. The number of hydrogen-bond donors (Lipinski definition) is 1. The first kappa shape index (κ1) is 13.5. The van der Waals surface area contributed by atoms with Crippen LogP contribution in [0.3, 0.4) is 0 Å². The summed E-state index contributed by atoms with van der Waals surface area (Å²) in [7, 11) is -3.17. The van der Waals surface area contributed by atoms with Crippen LogP contribution in [-0.4, -0.2) is 36.1 Å². The van der Waals surface area contributed by atoms with Gasteiger partial charge in [-0.05, 0) is 12.8 Å². The Balaban J connectivity index is 2.08. The molecule has 1 heterocycles. The molecule has 5 nitrogen and oxygen atoms in total. The van der Waals surface area contributed by atoms with Crippen molar-refractivity contribution < 1.29 is 8.42 Å². The van der Waals surface area contributed by atoms with Gasteiger partial charge in [0.25, 0.3) is 0 Å². The van der Waals surface area contributed by atoms with Crippen molar-refractivity contribution in [1.82, 2.24) is 14.3 Å². The number of unbranched alkanes of at least 4 members (excludes halogenated alkanes) is 1. The predicted molar refractivity (Wildman–Crippen MR) is 64.0 cm³/mol. The number of hydrogen-bond acceptors (Lipinski definition) is 3. The summed E-state index contributed by atoms with van der Waals surface area (Å²) in [4.78, 5) is 3.92. The summed E-state index contributed by atoms with van der Waals surface area (Å²) in [5, 5.41) is 0. The lowest BCUT2D eigenvalue weighted by atomic mass is 10.3. The van der Waals surface area contributed by atoms with E-state index in [0.29, 0.717) is 6.54 Å². The summed E-state index contributed by atoms with van der Waals surface area (Å²) in [5.41, 5.74) is 0. The van der Waals surface area contributed by atoms with Crippen LogP contribution in [0.4, 0.5) is 0 Å². The van der Waals surface area contributed by atoms with Gasteiger partial charge in [0.05, 0.1) is 12.1 Å². The molecule has 1 aromatic heterocycles. The molecule has 0 aliphatic rings. The van der Waals surface area contributed by atoms with Gasteiger partial charge in [-0.1, -0.05) is 0 Å². The molecular formula is C9H16ClN3O2S. The highest BCUT2D eigenvalue weighted by Crippen LogP contribution is 1.95. The quantitative estimate of drug-likeness (QED) is 0.559. The third-order valence-electron chi connectivity index (χ3n) is 2.07. The van der Waals surface area contributed by atoms with Crippen molar-refractivity contribution in [2.45, 2.75) is 19.4 Å². The molecule has 0 saturated heterocycles. The van der Waals surface area contributed by atoms with E-state index in [2.05, 4.69) is 9.71 Å². The number of imidazole rings is 1. The zero-order valence-corrected chi connectivity index (χ0v) is 10.5. The fourth-order valence-corrected chi connectivity index (χ4v) is 2.65. The molecule has 0 radical (unpaired) electrons. The number of aryl methyl sites for hydroxylation is 1. The number of nitrogens with one attached hydrogen (secondary N) is 1. The van der Waals surface area contributed by atoms with Gasteiger partial charge < -0.3 is 4.57 Å². The third-order valence-corrected chi connectivity index (χ3v) is 3.87. The standard InChI is InChI=1S/C9H16ClN3O2S/c10-3-8-16(14,15)12-4-1-2-6-13-7-5-11-9-13/h5,7,9,12H,1-4,6,8H2. The molecule has 0 unspecified atom stereocenters. The Bertz CT molecular complexity index is 377. The van der Waals surface area contributed by atoms with Crippen LogP contribution in [0.15, 0.2) is 18.7 Å². The fraction of sp³-hybridized carbons (Fsp3) is 0.667. The van der Waals surface area contributed by atoms with E-state index in [1.807, 2.05) is 10.8 Å². The van der Waals surface area contributed by atoms with E-state index in [4.69, 9.17) is 11.6 Å². The number of rotatable bonds is 8. The Hall–Kier alpha value is -0.590. The normalized spacial score (nSPS) is 11.8. The van der Waals surface area contributed by atoms with E-state index in [9.17, 15) is 8.42 Å². The summed E-state index contributed by atoms with van der Waals surface area (Å²) >= 11 is 5.36. The minimum absolute atomic E-state index is 0.0178. The van der Waals surface area contributed by atoms with Crippen molar-refractivity contribution in [2.24, 2.45) is 0 Å². The molecule has 0 fully saturated rings. The van der Waals surface area contributed by atoms with Crippen LogP contribution in [0.2, 0.25) is 0 Å². The Kier molecular flexibility index (Phi) is 5.79. The highest BCUT2D eigenvalue weighted by molar-refractivity contribution is 7.89. The number of alkyl halides is 1. The van der Waals surface area contributed by atoms with E-state index in [0.717, 1.165) is 19.4 Å². The molecular weight excluding hydrogens is 250 g/mol. The van der Waals surface area contributed by atoms with Crippen LogP contribution >= 0.6 is 11.6 Å². The molecule has 7 heteroatoms. The lowest BCUT2D eigenvalue weighted by Gasteiger charge is -2.05.